The molecule has 9 heteroatoms. The Hall–Kier alpha value is -2.81. The maximum absolute atomic E-state index is 14.7. The van der Waals surface area contributed by atoms with Crippen molar-refractivity contribution in [3.8, 4) is 0 Å². The molecule has 1 fully saturated rings. The number of fused-ring (bicyclic) bond motifs is 1. The predicted molar refractivity (Wildman–Crippen MR) is 116 cm³/mol. The summed E-state index contributed by atoms with van der Waals surface area (Å²) < 4.78 is 20.6. The van der Waals surface area contributed by atoms with Crippen LogP contribution in [-0.4, -0.2) is 53.3 Å². The van der Waals surface area contributed by atoms with Crippen molar-refractivity contribution in [3.63, 3.8) is 0 Å². The highest BCUT2D eigenvalue weighted by Crippen LogP contribution is 2.31. The van der Waals surface area contributed by atoms with Crippen LogP contribution in [0.25, 0.3) is 0 Å². The van der Waals surface area contributed by atoms with Crippen LogP contribution in [0.15, 0.2) is 12.1 Å². The highest BCUT2D eigenvalue weighted by molar-refractivity contribution is 6.23. The van der Waals surface area contributed by atoms with E-state index in [2.05, 4.69) is 24.5 Å². The summed E-state index contributed by atoms with van der Waals surface area (Å²) in [6, 6.07) is 1.25. The van der Waals surface area contributed by atoms with E-state index in [9.17, 15) is 23.6 Å². The fourth-order valence-corrected chi connectivity index (χ4v) is 3.77. The summed E-state index contributed by atoms with van der Waals surface area (Å²) in [6.07, 6.45) is 1.64. The molecule has 0 aromatic heterocycles. The molecule has 2 aliphatic rings. The Balaban J connectivity index is 1.67. The van der Waals surface area contributed by atoms with Gasteiger partial charge in [0.15, 0.2) is 0 Å². The van der Waals surface area contributed by atoms with Crippen molar-refractivity contribution in [1.29, 1.82) is 0 Å². The van der Waals surface area contributed by atoms with Crippen molar-refractivity contribution < 1.29 is 28.3 Å². The first-order valence-electron chi connectivity index (χ1n) is 10.9. The third-order valence-corrected chi connectivity index (χ3v) is 5.76. The van der Waals surface area contributed by atoms with Gasteiger partial charge in [-0.3, -0.25) is 29.4 Å². The summed E-state index contributed by atoms with van der Waals surface area (Å²) in [5.41, 5.74) is -0.340. The van der Waals surface area contributed by atoms with Crippen LogP contribution in [0.1, 0.15) is 74.1 Å². The van der Waals surface area contributed by atoms with Crippen molar-refractivity contribution in [2.45, 2.75) is 65.0 Å². The molecule has 4 amide bonds. The zero-order valence-corrected chi connectivity index (χ0v) is 18.9. The number of hydrogen-bond donors (Lipinski definition) is 2. The summed E-state index contributed by atoms with van der Waals surface area (Å²) in [4.78, 5) is 49.9. The fourth-order valence-electron chi connectivity index (χ4n) is 3.77. The number of imide groups is 2. The Morgan fingerprint density at radius 2 is 1.84 bits per heavy atom. The highest BCUT2D eigenvalue weighted by Gasteiger charge is 2.45. The average Bonchev–Trinajstić information content (AvgIpc) is 2.92. The van der Waals surface area contributed by atoms with Crippen molar-refractivity contribution in [2.75, 3.05) is 18.5 Å². The SMILES string of the molecule is CC(C)CCOC(C)(C)CCNc1cc2c(cc1F)C(=O)N(C1CCC(=O)NC1=O)C2=O. The van der Waals surface area contributed by atoms with E-state index < -0.39 is 41.1 Å². The summed E-state index contributed by atoms with van der Waals surface area (Å²) in [6.45, 7) is 9.24. The number of anilines is 1. The third-order valence-electron chi connectivity index (χ3n) is 5.76. The number of halogens is 1. The molecule has 0 spiro atoms. The molecule has 2 heterocycles. The third kappa shape index (κ3) is 5.15. The van der Waals surface area contributed by atoms with Crippen LogP contribution < -0.4 is 10.6 Å². The summed E-state index contributed by atoms with van der Waals surface area (Å²) in [5.74, 6) is -2.66. The van der Waals surface area contributed by atoms with E-state index in [1.54, 1.807) is 0 Å². The topological polar surface area (TPSA) is 105 Å². The Bertz CT molecular complexity index is 944. The number of nitrogens with one attached hydrogen (secondary N) is 2. The number of rotatable bonds is 9. The van der Waals surface area contributed by atoms with E-state index in [4.69, 9.17) is 4.74 Å². The molecule has 0 aliphatic carbocycles. The fraction of sp³-hybridized carbons (Fsp3) is 0.565. The lowest BCUT2D eigenvalue weighted by atomic mass is 10.0. The molecule has 1 aromatic carbocycles. The van der Waals surface area contributed by atoms with Gasteiger partial charge in [-0.15, -0.1) is 0 Å². The van der Waals surface area contributed by atoms with Crippen LogP contribution in [0.4, 0.5) is 10.1 Å². The summed E-state index contributed by atoms with van der Waals surface area (Å²) >= 11 is 0. The van der Waals surface area contributed by atoms with Crippen LogP contribution in [0.2, 0.25) is 0 Å². The Labute approximate surface area is 186 Å². The predicted octanol–water partition coefficient (Wildman–Crippen LogP) is 2.87. The second kappa shape index (κ2) is 9.36. The van der Waals surface area contributed by atoms with Gasteiger partial charge in [0.25, 0.3) is 11.8 Å². The number of hydrogen-bond acceptors (Lipinski definition) is 6. The molecule has 0 radical (unpaired) electrons. The zero-order valence-electron chi connectivity index (χ0n) is 18.9. The first kappa shape index (κ1) is 23.8. The van der Waals surface area contributed by atoms with E-state index in [1.165, 1.54) is 6.07 Å². The number of amides is 4. The maximum Gasteiger partial charge on any atom is 0.262 e. The van der Waals surface area contributed by atoms with E-state index >= 15 is 0 Å². The Morgan fingerprint density at radius 3 is 2.47 bits per heavy atom. The minimum atomic E-state index is -1.08. The van der Waals surface area contributed by atoms with Crippen LogP contribution in [0.5, 0.6) is 0 Å². The number of benzene rings is 1. The van der Waals surface area contributed by atoms with Gasteiger partial charge in [-0.25, -0.2) is 4.39 Å². The lowest BCUT2D eigenvalue weighted by molar-refractivity contribution is -0.136. The second-order valence-corrected chi connectivity index (χ2v) is 9.29. The summed E-state index contributed by atoms with van der Waals surface area (Å²) in [5, 5.41) is 5.12. The van der Waals surface area contributed by atoms with Gasteiger partial charge in [-0.2, -0.15) is 0 Å². The van der Waals surface area contributed by atoms with Crippen molar-refractivity contribution >= 4 is 29.3 Å². The van der Waals surface area contributed by atoms with Crippen molar-refractivity contribution in [1.82, 2.24) is 10.2 Å². The van der Waals surface area contributed by atoms with Gasteiger partial charge in [-0.1, -0.05) is 13.8 Å². The standard InChI is InChI=1S/C23H30FN3O5/c1-13(2)7-10-32-23(3,4)8-9-25-17-12-15-14(11-16(17)24)21(30)27(22(15)31)18-5-6-19(28)26-20(18)29/h11-13,18,25H,5-10H2,1-4H3,(H,26,28,29). The van der Waals surface area contributed by atoms with Gasteiger partial charge in [-0.05, 0) is 51.2 Å². The normalized spacial score (nSPS) is 18.9. The van der Waals surface area contributed by atoms with E-state index in [-0.39, 0.29) is 29.7 Å². The molecule has 1 unspecified atom stereocenters. The number of carbonyl (C=O) groups is 4. The molecule has 1 saturated heterocycles. The maximum atomic E-state index is 14.7. The van der Waals surface area contributed by atoms with Gasteiger partial charge in [0.1, 0.15) is 11.9 Å². The monoisotopic (exact) mass is 447 g/mol. The first-order valence-corrected chi connectivity index (χ1v) is 10.9. The second-order valence-electron chi connectivity index (χ2n) is 9.29. The molecule has 8 nitrogen and oxygen atoms in total. The molecule has 2 N–H and O–H groups in total. The summed E-state index contributed by atoms with van der Waals surface area (Å²) in [7, 11) is 0. The Kier molecular flexibility index (Phi) is 6.97. The molecule has 1 atom stereocenters. The Morgan fingerprint density at radius 1 is 1.19 bits per heavy atom. The molecule has 1 aromatic rings. The van der Waals surface area contributed by atoms with E-state index in [1.807, 2.05) is 13.8 Å². The molecule has 0 bridgehead atoms. The van der Waals surface area contributed by atoms with Crippen LogP contribution in [0.3, 0.4) is 0 Å². The van der Waals surface area contributed by atoms with Gasteiger partial charge >= 0.3 is 0 Å². The van der Waals surface area contributed by atoms with Crippen molar-refractivity contribution in [2.24, 2.45) is 5.92 Å². The van der Waals surface area contributed by atoms with Gasteiger partial charge < -0.3 is 10.1 Å². The minimum Gasteiger partial charge on any atom is -0.383 e. The lowest BCUT2D eigenvalue weighted by Crippen LogP contribution is -2.54. The zero-order chi connectivity index (χ0) is 23.6. The molecule has 3 rings (SSSR count). The highest BCUT2D eigenvalue weighted by atomic mass is 19.1. The van der Waals surface area contributed by atoms with Gasteiger partial charge in [0.2, 0.25) is 11.8 Å². The molecule has 174 valence electrons. The number of carbonyl (C=O) groups excluding carboxylic acids is 4. The average molecular weight is 448 g/mol. The van der Waals surface area contributed by atoms with E-state index in [0.29, 0.717) is 25.5 Å². The minimum absolute atomic E-state index is 0.0278. The molecule has 32 heavy (non-hydrogen) atoms. The molecule has 0 saturated carbocycles. The van der Waals surface area contributed by atoms with Crippen molar-refractivity contribution in [3.05, 3.63) is 29.1 Å². The van der Waals surface area contributed by atoms with Gasteiger partial charge in [0, 0.05) is 19.6 Å². The molecular weight excluding hydrogens is 417 g/mol. The lowest BCUT2D eigenvalue weighted by Gasteiger charge is -2.27. The van der Waals surface area contributed by atoms with Crippen LogP contribution in [0, 0.1) is 11.7 Å². The quantitative estimate of drug-likeness (QED) is 0.564. The van der Waals surface area contributed by atoms with E-state index in [0.717, 1.165) is 17.4 Å². The van der Waals surface area contributed by atoms with Gasteiger partial charge in [0.05, 0.1) is 22.4 Å². The first-order chi connectivity index (χ1) is 15.0. The molecule has 2 aliphatic heterocycles. The van der Waals surface area contributed by atoms with Crippen LogP contribution in [-0.2, 0) is 14.3 Å². The molecular formula is C23H30FN3O5. The smallest absolute Gasteiger partial charge is 0.262 e. The van der Waals surface area contributed by atoms with Crippen LogP contribution >= 0.6 is 0 Å². The number of piperidine rings is 1. The number of ether oxygens (including phenoxy) is 1. The number of nitrogens with zero attached hydrogens (tertiary/aromatic N) is 1. The largest absolute Gasteiger partial charge is 0.383 e.